The van der Waals surface area contributed by atoms with E-state index in [2.05, 4.69) is 64.7 Å². The Morgan fingerprint density at radius 3 is 2.35 bits per heavy atom. The van der Waals surface area contributed by atoms with Crippen molar-refractivity contribution in [3.63, 3.8) is 0 Å². The molecule has 0 amide bonds. The first-order valence-electron chi connectivity index (χ1n) is 7.72. The molecule has 1 N–H and O–H groups in total. The molecule has 1 rings (SSSR count). The zero-order valence-electron chi connectivity index (χ0n) is 14.3. The normalized spacial score (nSPS) is 12.9. The van der Waals surface area contributed by atoms with Crippen LogP contribution in [0.15, 0.2) is 16.7 Å². The highest BCUT2D eigenvalue weighted by molar-refractivity contribution is 5.13. The van der Waals surface area contributed by atoms with E-state index in [1.165, 1.54) is 5.56 Å². The van der Waals surface area contributed by atoms with E-state index in [1.54, 1.807) is 0 Å². The van der Waals surface area contributed by atoms with Crippen LogP contribution in [-0.2, 0) is 13.1 Å². The van der Waals surface area contributed by atoms with Crippen LogP contribution in [0.5, 0.6) is 0 Å². The van der Waals surface area contributed by atoms with E-state index >= 15 is 0 Å². The Balaban J connectivity index is 2.57. The van der Waals surface area contributed by atoms with E-state index in [0.29, 0.717) is 12.0 Å². The molecule has 0 saturated heterocycles. The van der Waals surface area contributed by atoms with Crippen LogP contribution >= 0.6 is 0 Å². The lowest BCUT2D eigenvalue weighted by atomic mass is 10.1. The van der Waals surface area contributed by atoms with E-state index in [-0.39, 0.29) is 5.54 Å². The van der Waals surface area contributed by atoms with Gasteiger partial charge < -0.3 is 9.73 Å². The first-order valence-corrected chi connectivity index (χ1v) is 7.72. The molecule has 0 fully saturated rings. The summed E-state index contributed by atoms with van der Waals surface area (Å²) in [6.07, 6.45) is 1.88. The molecule has 0 aromatic carbocycles. The first-order chi connectivity index (χ1) is 9.17. The summed E-state index contributed by atoms with van der Waals surface area (Å²) in [5.74, 6) is 1.74. The molecule has 0 aliphatic heterocycles. The molecule has 0 atom stereocenters. The lowest BCUT2D eigenvalue weighted by molar-refractivity contribution is 0.175. The van der Waals surface area contributed by atoms with Gasteiger partial charge in [-0.25, -0.2) is 0 Å². The molecule has 0 aliphatic carbocycles. The molecule has 0 bridgehead atoms. The SMILES string of the molecule is CC(C)CN(Cc1cc(CNC(C)(C)C)co1)C(C)C. The summed E-state index contributed by atoms with van der Waals surface area (Å²) in [4.78, 5) is 2.46. The highest BCUT2D eigenvalue weighted by atomic mass is 16.3. The summed E-state index contributed by atoms with van der Waals surface area (Å²) in [6, 6.07) is 2.72. The molecule has 1 aromatic heterocycles. The molecule has 116 valence electrons. The van der Waals surface area contributed by atoms with Crippen molar-refractivity contribution in [1.82, 2.24) is 10.2 Å². The maximum absolute atomic E-state index is 5.71. The average Bonchev–Trinajstić information content (AvgIpc) is 2.71. The molecule has 3 nitrogen and oxygen atoms in total. The van der Waals surface area contributed by atoms with Crippen molar-refractivity contribution in [1.29, 1.82) is 0 Å². The number of hydrogen-bond donors (Lipinski definition) is 1. The topological polar surface area (TPSA) is 28.4 Å². The Kier molecular flexibility index (Phi) is 6.28. The van der Waals surface area contributed by atoms with Crippen LogP contribution in [0, 0.1) is 5.92 Å². The largest absolute Gasteiger partial charge is 0.468 e. The minimum atomic E-state index is 0.138. The lowest BCUT2D eigenvalue weighted by Crippen LogP contribution is -2.35. The van der Waals surface area contributed by atoms with E-state index in [1.807, 2.05) is 6.26 Å². The van der Waals surface area contributed by atoms with Gasteiger partial charge in [-0.3, -0.25) is 4.90 Å². The third kappa shape index (κ3) is 6.58. The van der Waals surface area contributed by atoms with Crippen LogP contribution in [0.1, 0.15) is 59.8 Å². The molecule has 0 saturated carbocycles. The summed E-state index contributed by atoms with van der Waals surface area (Å²) in [5.41, 5.74) is 1.36. The van der Waals surface area contributed by atoms with Crippen molar-refractivity contribution < 1.29 is 4.42 Å². The summed E-state index contributed by atoms with van der Waals surface area (Å²) >= 11 is 0. The number of hydrogen-bond acceptors (Lipinski definition) is 3. The maximum Gasteiger partial charge on any atom is 0.118 e. The van der Waals surface area contributed by atoms with Gasteiger partial charge in [-0.15, -0.1) is 0 Å². The van der Waals surface area contributed by atoms with Gasteiger partial charge in [0.05, 0.1) is 12.8 Å². The fraction of sp³-hybridized carbons (Fsp3) is 0.765. The third-order valence-electron chi connectivity index (χ3n) is 3.22. The molecule has 0 radical (unpaired) electrons. The second-order valence-corrected chi connectivity index (χ2v) is 7.44. The second-order valence-electron chi connectivity index (χ2n) is 7.44. The first kappa shape index (κ1) is 17.3. The van der Waals surface area contributed by atoms with Gasteiger partial charge in [-0.1, -0.05) is 13.8 Å². The monoisotopic (exact) mass is 280 g/mol. The van der Waals surface area contributed by atoms with Gasteiger partial charge >= 0.3 is 0 Å². The number of nitrogens with one attached hydrogen (secondary N) is 1. The lowest BCUT2D eigenvalue weighted by Gasteiger charge is -2.27. The molecular weight excluding hydrogens is 248 g/mol. The molecule has 0 unspecified atom stereocenters. The van der Waals surface area contributed by atoms with Gasteiger partial charge in [0.25, 0.3) is 0 Å². The average molecular weight is 280 g/mol. The van der Waals surface area contributed by atoms with Crippen molar-refractivity contribution in [3.8, 4) is 0 Å². The van der Waals surface area contributed by atoms with Crippen molar-refractivity contribution in [2.45, 2.75) is 73.1 Å². The molecular formula is C17H32N2O. The number of nitrogens with zero attached hydrogens (tertiary/aromatic N) is 1. The van der Waals surface area contributed by atoms with Crippen LogP contribution in [0.25, 0.3) is 0 Å². The third-order valence-corrected chi connectivity index (χ3v) is 3.22. The Hall–Kier alpha value is -0.800. The minimum Gasteiger partial charge on any atom is -0.468 e. The van der Waals surface area contributed by atoms with Crippen LogP contribution < -0.4 is 5.32 Å². The van der Waals surface area contributed by atoms with Crippen molar-refractivity contribution in [3.05, 3.63) is 23.7 Å². The standard InChI is InChI=1S/C17H32N2O/c1-13(2)10-19(14(3)4)11-16-8-15(12-20-16)9-18-17(5,6)7/h8,12-14,18H,9-11H2,1-7H3. The smallest absolute Gasteiger partial charge is 0.118 e. The summed E-state index contributed by atoms with van der Waals surface area (Å²) in [5, 5.41) is 3.49. The van der Waals surface area contributed by atoms with Crippen molar-refractivity contribution >= 4 is 0 Å². The van der Waals surface area contributed by atoms with Crippen LogP contribution in [0.2, 0.25) is 0 Å². The van der Waals surface area contributed by atoms with Crippen molar-refractivity contribution in [2.24, 2.45) is 5.92 Å². The van der Waals surface area contributed by atoms with Crippen molar-refractivity contribution in [2.75, 3.05) is 6.54 Å². The molecule has 0 spiro atoms. The zero-order valence-corrected chi connectivity index (χ0v) is 14.3. The predicted octanol–water partition coefficient (Wildman–Crippen LogP) is 4.03. The Morgan fingerprint density at radius 1 is 1.20 bits per heavy atom. The highest BCUT2D eigenvalue weighted by Crippen LogP contribution is 2.15. The van der Waals surface area contributed by atoms with Gasteiger partial charge in [0.1, 0.15) is 5.76 Å². The Bertz CT molecular complexity index is 388. The van der Waals surface area contributed by atoms with Crippen LogP contribution in [0.4, 0.5) is 0 Å². The van der Waals surface area contributed by atoms with Gasteiger partial charge in [0, 0.05) is 30.2 Å². The molecule has 1 heterocycles. The molecule has 3 heteroatoms. The fourth-order valence-corrected chi connectivity index (χ4v) is 2.10. The van der Waals surface area contributed by atoms with E-state index in [4.69, 9.17) is 4.42 Å². The highest BCUT2D eigenvalue weighted by Gasteiger charge is 2.15. The van der Waals surface area contributed by atoms with Crippen LogP contribution in [-0.4, -0.2) is 23.0 Å². The summed E-state index contributed by atoms with van der Waals surface area (Å²) < 4.78 is 5.71. The van der Waals surface area contributed by atoms with Gasteiger partial charge in [-0.2, -0.15) is 0 Å². The molecule has 0 aliphatic rings. The second kappa shape index (κ2) is 7.28. The van der Waals surface area contributed by atoms with Gasteiger partial charge in [0.2, 0.25) is 0 Å². The zero-order chi connectivity index (χ0) is 15.3. The quantitative estimate of drug-likeness (QED) is 0.817. The summed E-state index contributed by atoms with van der Waals surface area (Å²) in [7, 11) is 0. The molecule has 20 heavy (non-hydrogen) atoms. The Labute approximate surface area is 124 Å². The minimum absolute atomic E-state index is 0.138. The van der Waals surface area contributed by atoms with Gasteiger partial charge in [0.15, 0.2) is 0 Å². The van der Waals surface area contributed by atoms with E-state index in [9.17, 15) is 0 Å². The number of rotatable bonds is 7. The molecule has 1 aromatic rings. The van der Waals surface area contributed by atoms with E-state index in [0.717, 1.165) is 25.4 Å². The van der Waals surface area contributed by atoms with E-state index < -0.39 is 0 Å². The Morgan fingerprint density at radius 2 is 1.85 bits per heavy atom. The van der Waals surface area contributed by atoms with Gasteiger partial charge in [-0.05, 0) is 46.6 Å². The number of furan rings is 1. The van der Waals surface area contributed by atoms with Crippen LogP contribution in [0.3, 0.4) is 0 Å². The predicted molar refractivity (Wildman–Crippen MR) is 85.7 cm³/mol. The fourth-order valence-electron chi connectivity index (χ4n) is 2.10. The summed E-state index contributed by atoms with van der Waals surface area (Å²) in [6.45, 7) is 18.4. The maximum atomic E-state index is 5.71.